The molecule has 2 rings (SSSR count). The Morgan fingerprint density at radius 3 is 2.90 bits per heavy atom. The van der Waals surface area contributed by atoms with E-state index in [4.69, 9.17) is 15.0 Å². The van der Waals surface area contributed by atoms with E-state index in [9.17, 15) is 0 Å². The van der Waals surface area contributed by atoms with Gasteiger partial charge in [0.1, 0.15) is 6.10 Å². The Bertz CT molecular complexity index is 503. The number of aromatic nitrogens is 2. The number of aryl methyl sites for hydroxylation is 1. The van der Waals surface area contributed by atoms with E-state index in [1.807, 2.05) is 6.92 Å². The van der Waals surface area contributed by atoms with Crippen LogP contribution in [0.5, 0.6) is 0 Å². The molecule has 21 heavy (non-hydrogen) atoms. The second-order valence-electron chi connectivity index (χ2n) is 5.04. The Morgan fingerprint density at radius 1 is 1.52 bits per heavy atom. The number of halogens is 1. The average molecular weight is 407 g/mol. The molecule has 0 aliphatic carbocycles. The summed E-state index contributed by atoms with van der Waals surface area (Å²) in [7, 11) is 0. The Balaban J connectivity index is 0.00000220. The highest BCUT2D eigenvalue weighted by molar-refractivity contribution is 14.0. The van der Waals surface area contributed by atoms with Gasteiger partial charge < -0.3 is 20.3 Å². The van der Waals surface area contributed by atoms with E-state index in [0.29, 0.717) is 30.8 Å². The molecule has 0 bridgehead atoms. The summed E-state index contributed by atoms with van der Waals surface area (Å²) in [6.45, 7) is 8.63. The highest BCUT2D eigenvalue weighted by Crippen LogP contribution is 2.31. The van der Waals surface area contributed by atoms with Crippen LogP contribution in [0.15, 0.2) is 21.7 Å². The molecule has 1 aromatic heterocycles. The molecule has 8 heteroatoms. The molecule has 0 amide bonds. The maximum atomic E-state index is 5.85. The largest absolute Gasteiger partial charge is 0.370 e. The third-order valence-electron chi connectivity index (χ3n) is 2.96. The summed E-state index contributed by atoms with van der Waals surface area (Å²) in [6.07, 6.45) is 1.76. The van der Waals surface area contributed by atoms with E-state index in [1.165, 1.54) is 0 Å². The van der Waals surface area contributed by atoms with Crippen LogP contribution in [0.3, 0.4) is 0 Å². The predicted molar refractivity (Wildman–Crippen MR) is 90.6 cm³/mol. The van der Waals surface area contributed by atoms with Crippen molar-refractivity contribution in [2.45, 2.75) is 38.9 Å². The first-order chi connectivity index (χ1) is 9.54. The minimum atomic E-state index is -0.114. The molecular weight excluding hydrogens is 385 g/mol. The number of nitrogens with zero attached hydrogens (tertiary/aromatic N) is 3. The van der Waals surface area contributed by atoms with Crippen LogP contribution in [-0.4, -0.2) is 35.3 Å². The molecule has 1 aromatic rings. The molecule has 3 N–H and O–H groups in total. The zero-order valence-electron chi connectivity index (χ0n) is 12.3. The van der Waals surface area contributed by atoms with E-state index >= 15 is 0 Å². The van der Waals surface area contributed by atoms with Crippen LogP contribution in [0.25, 0.3) is 0 Å². The summed E-state index contributed by atoms with van der Waals surface area (Å²) < 4.78 is 11.0. The standard InChI is InChI=1S/C13H21N5O2.HI/c1-8(2)6-15-13(14)16-7-10-4-5-11(19-10)12-17-9(3)18-20-12;/h10-11H,1,4-7H2,2-3H3,(H3,14,15,16);1H/t10-,11+;/m1./s1. The molecule has 0 saturated carbocycles. The van der Waals surface area contributed by atoms with Gasteiger partial charge in [-0.05, 0) is 26.7 Å². The van der Waals surface area contributed by atoms with Gasteiger partial charge in [-0.2, -0.15) is 4.98 Å². The van der Waals surface area contributed by atoms with Gasteiger partial charge in [0.25, 0.3) is 5.89 Å². The van der Waals surface area contributed by atoms with Crippen LogP contribution in [0, 0.1) is 6.92 Å². The van der Waals surface area contributed by atoms with Gasteiger partial charge in [0.2, 0.25) is 0 Å². The Kier molecular flexibility index (Phi) is 7.09. The number of rotatable bonds is 5. The average Bonchev–Trinajstić information content (AvgIpc) is 3.02. The van der Waals surface area contributed by atoms with Gasteiger partial charge in [-0.15, -0.1) is 24.0 Å². The van der Waals surface area contributed by atoms with Gasteiger partial charge in [0.05, 0.1) is 12.6 Å². The fraction of sp³-hybridized carbons (Fsp3) is 0.615. The first-order valence-electron chi connectivity index (χ1n) is 6.68. The first-order valence-corrected chi connectivity index (χ1v) is 6.68. The topological polar surface area (TPSA) is 98.6 Å². The highest BCUT2D eigenvalue weighted by Gasteiger charge is 2.30. The monoisotopic (exact) mass is 407 g/mol. The summed E-state index contributed by atoms with van der Waals surface area (Å²) in [6, 6.07) is 0. The number of hydrogen-bond acceptors (Lipinski definition) is 5. The molecule has 118 valence electrons. The number of aliphatic imine (C=N–C) groups is 1. The Labute approximate surface area is 141 Å². The number of guanidine groups is 1. The summed E-state index contributed by atoms with van der Waals surface area (Å²) in [5.41, 5.74) is 6.72. The summed E-state index contributed by atoms with van der Waals surface area (Å²) >= 11 is 0. The van der Waals surface area contributed by atoms with Gasteiger partial charge in [-0.1, -0.05) is 17.3 Å². The van der Waals surface area contributed by atoms with Crippen molar-refractivity contribution in [3.05, 3.63) is 23.9 Å². The van der Waals surface area contributed by atoms with E-state index in [2.05, 4.69) is 27.0 Å². The lowest BCUT2D eigenvalue weighted by Gasteiger charge is -2.12. The zero-order valence-corrected chi connectivity index (χ0v) is 14.7. The maximum Gasteiger partial charge on any atom is 0.255 e. The SMILES string of the molecule is C=C(C)CN=C(N)NC[C@H]1CC[C@@H](c2nc(C)no2)O1.I. The quantitative estimate of drug-likeness (QED) is 0.334. The van der Waals surface area contributed by atoms with E-state index in [0.717, 1.165) is 18.4 Å². The molecule has 0 unspecified atom stereocenters. The predicted octanol–water partition coefficient (Wildman–Crippen LogP) is 1.70. The van der Waals surface area contributed by atoms with Crippen molar-refractivity contribution < 1.29 is 9.26 Å². The van der Waals surface area contributed by atoms with Crippen LogP contribution in [0.1, 0.15) is 37.6 Å². The lowest BCUT2D eigenvalue weighted by Crippen LogP contribution is -2.37. The number of ether oxygens (including phenoxy) is 1. The van der Waals surface area contributed by atoms with Crippen molar-refractivity contribution in [2.75, 3.05) is 13.1 Å². The van der Waals surface area contributed by atoms with Crippen LogP contribution in [0.2, 0.25) is 0 Å². The van der Waals surface area contributed by atoms with Crippen molar-refractivity contribution in [1.29, 1.82) is 0 Å². The van der Waals surface area contributed by atoms with E-state index < -0.39 is 0 Å². The normalized spacial score (nSPS) is 21.9. The van der Waals surface area contributed by atoms with E-state index in [1.54, 1.807) is 6.92 Å². The second-order valence-corrected chi connectivity index (χ2v) is 5.04. The zero-order chi connectivity index (χ0) is 14.5. The lowest BCUT2D eigenvalue weighted by molar-refractivity contribution is 0.0286. The smallest absolute Gasteiger partial charge is 0.255 e. The van der Waals surface area contributed by atoms with Gasteiger partial charge in [0, 0.05) is 6.54 Å². The van der Waals surface area contributed by atoms with Crippen molar-refractivity contribution in [2.24, 2.45) is 10.7 Å². The lowest BCUT2D eigenvalue weighted by atomic mass is 10.2. The molecule has 2 atom stereocenters. The van der Waals surface area contributed by atoms with Crippen LogP contribution in [-0.2, 0) is 4.74 Å². The molecule has 1 aliphatic rings. The minimum absolute atomic E-state index is 0. The van der Waals surface area contributed by atoms with Crippen LogP contribution < -0.4 is 11.1 Å². The van der Waals surface area contributed by atoms with Crippen LogP contribution >= 0.6 is 24.0 Å². The Morgan fingerprint density at radius 2 is 2.29 bits per heavy atom. The molecule has 7 nitrogen and oxygen atoms in total. The second kappa shape index (κ2) is 8.32. The summed E-state index contributed by atoms with van der Waals surface area (Å²) in [5, 5.41) is 6.82. The van der Waals surface area contributed by atoms with Crippen LogP contribution in [0.4, 0.5) is 0 Å². The number of nitrogens with two attached hydrogens (primary N) is 1. The third-order valence-corrected chi connectivity index (χ3v) is 2.96. The molecule has 1 fully saturated rings. The fourth-order valence-electron chi connectivity index (χ4n) is 1.98. The van der Waals surface area contributed by atoms with Gasteiger partial charge in [-0.25, -0.2) is 4.99 Å². The van der Waals surface area contributed by atoms with Gasteiger partial charge in [-0.3, -0.25) is 0 Å². The van der Waals surface area contributed by atoms with Crippen molar-refractivity contribution in [3.8, 4) is 0 Å². The number of nitrogens with one attached hydrogen (secondary N) is 1. The maximum absolute atomic E-state index is 5.85. The van der Waals surface area contributed by atoms with Crippen molar-refractivity contribution in [3.63, 3.8) is 0 Å². The third kappa shape index (κ3) is 5.62. The molecule has 1 saturated heterocycles. The van der Waals surface area contributed by atoms with Gasteiger partial charge >= 0.3 is 0 Å². The molecule has 2 heterocycles. The molecule has 1 aliphatic heterocycles. The van der Waals surface area contributed by atoms with Crippen molar-refractivity contribution >= 4 is 29.9 Å². The molecule has 0 radical (unpaired) electrons. The molecular formula is C13H22IN5O2. The van der Waals surface area contributed by atoms with Crippen molar-refractivity contribution in [1.82, 2.24) is 15.5 Å². The number of hydrogen-bond donors (Lipinski definition) is 2. The fourth-order valence-corrected chi connectivity index (χ4v) is 1.98. The van der Waals surface area contributed by atoms with Gasteiger partial charge in [0.15, 0.2) is 11.8 Å². The summed E-state index contributed by atoms with van der Waals surface area (Å²) in [4.78, 5) is 8.34. The molecule has 0 aromatic carbocycles. The summed E-state index contributed by atoms with van der Waals surface area (Å²) in [5.74, 6) is 1.59. The minimum Gasteiger partial charge on any atom is -0.370 e. The van der Waals surface area contributed by atoms with E-state index in [-0.39, 0.29) is 36.2 Å². The Hall–Kier alpha value is -1.16. The molecule has 0 spiro atoms. The highest BCUT2D eigenvalue weighted by atomic mass is 127. The first kappa shape index (κ1) is 17.9.